The Morgan fingerprint density at radius 1 is 1.26 bits per heavy atom. The molecule has 0 unspecified atom stereocenters. The third-order valence-electron chi connectivity index (χ3n) is 2.88. The first-order chi connectivity index (χ1) is 8.95. The second-order valence-electron chi connectivity index (χ2n) is 4.96. The molecular weight excluding hydrogens is 256 g/mol. The van der Waals surface area contributed by atoms with Gasteiger partial charge in [-0.1, -0.05) is 13.8 Å². The number of ketones is 1. The minimum atomic E-state index is 0.242. The van der Waals surface area contributed by atoms with Crippen LogP contribution in [0.5, 0.6) is 5.75 Å². The number of thioether (sulfide) groups is 1. The Hall–Kier alpha value is -0.960. The summed E-state index contributed by atoms with van der Waals surface area (Å²) in [6.45, 7) is 10.9. The number of hydrogen-bond donors (Lipinski definition) is 0. The molecule has 0 N–H and O–H groups in total. The van der Waals surface area contributed by atoms with Crippen molar-refractivity contribution in [2.24, 2.45) is 0 Å². The first-order valence-electron chi connectivity index (χ1n) is 6.84. The fourth-order valence-corrected chi connectivity index (χ4v) is 2.90. The number of aryl methyl sites for hydroxylation is 2. The Morgan fingerprint density at radius 2 is 1.84 bits per heavy atom. The molecule has 0 aliphatic heterocycles. The van der Waals surface area contributed by atoms with Crippen LogP contribution in [0.15, 0.2) is 12.1 Å². The molecule has 0 bridgehead atoms. The van der Waals surface area contributed by atoms with E-state index in [4.69, 9.17) is 4.74 Å². The second kappa shape index (κ2) is 7.59. The molecule has 2 nitrogen and oxygen atoms in total. The average Bonchev–Trinajstić information content (AvgIpc) is 2.27. The maximum absolute atomic E-state index is 12.3. The van der Waals surface area contributed by atoms with Gasteiger partial charge in [0.2, 0.25) is 0 Å². The Morgan fingerprint density at radius 3 is 2.32 bits per heavy atom. The first-order valence-corrected chi connectivity index (χ1v) is 7.89. The van der Waals surface area contributed by atoms with Crippen LogP contribution < -0.4 is 4.74 Å². The molecule has 0 spiro atoms. The van der Waals surface area contributed by atoms with Crippen LogP contribution in [-0.2, 0) is 0 Å². The Kier molecular flexibility index (Phi) is 6.43. The van der Waals surface area contributed by atoms with Crippen molar-refractivity contribution in [2.45, 2.75) is 46.3 Å². The summed E-state index contributed by atoms with van der Waals surface area (Å²) in [5.74, 6) is 1.99. The average molecular weight is 280 g/mol. The van der Waals surface area contributed by atoms with Crippen LogP contribution in [-0.4, -0.2) is 23.4 Å². The number of Topliss-reactive ketones (excluding diaryl/α,β-unsaturated/α-hetero) is 1. The smallest absolute Gasteiger partial charge is 0.164 e. The van der Waals surface area contributed by atoms with Gasteiger partial charge in [-0.15, -0.1) is 0 Å². The highest BCUT2D eigenvalue weighted by molar-refractivity contribution is 7.99. The number of ether oxygens (including phenoxy) is 1. The van der Waals surface area contributed by atoms with E-state index in [9.17, 15) is 4.79 Å². The van der Waals surface area contributed by atoms with Gasteiger partial charge < -0.3 is 4.74 Å². The number of carbonyl (C=O) groups is 1. The van der Waals surface area contributed by atoms with E-state index in [2.05, 4.69) is 13.8 Å². The van der Waals surface area contributed by atoms with Crippen molar-refractivity contribution in [3.63, 3.8) is 0 Å². The summed E-state index contributed by atoms with van der Waals surface area (Å²) in [4.78, 5) is 12.3. The first kappa shape index (κ1) is 16.1. The Labute approximate surface area is 120 Å². The van der Waals surface area contributed by atoms with Crippen LogP contribution in [0.1, 0.15) is 48.7 Å². The number of hydrogen-bond acceptors (Lipinski definition) is 3. The minimum absolute atomic E-state index is 0.242. The van der Waals surface area contributed by atoms with Crippen LogP contribution in [0.2, 0.25) is 0 Å². The monoisotopic (exact) mass is 280 g/mol. The topological polar surface area (TPSA) is 26.3 Å². The van der Waals surface area contributed by atoms with Gasteiger partial charge >= 0.3 is 0 Å². The van der Waals surface area contributed by atoms with Gasteiger partial charge in [0.25, 0.3) is 0 Å². The lowest BCUT2D eigenvalue weighted by Gasteiger charge is -2.12. The van der Waals surface area contributed by atoms with Crippen LogP contribution >= 0.6 is 11.8 Å². The molecule has 0 saturated carbocycles. The van der Waals surface area contributed by atoms with E-state index < -0.39 is 0 Å². The quantitative estimate of drug-likeness (QED) is 0.692. The number of benzene rings is 1. The molecule has 0 radical (unpaired) electrons. The maximum atomic E-state index is 12.3. The highest BCUT2D eigenvalue weighted by Crippen LogP contribution is 2.24. The van der Waals surface area contributed by atoms with Gasteiger partial charge in [0, 0.05) is 17.7 Å². The lowest BCUT2D eigenvalue weighted by atomic mass is 9.97. The van der Waals surface area contributed by atoms with E-state index in [-0.39, 0.29) is 5.78 Å². The molecule has 106 valence electrons. The standard InChI is InChI=1S/C16H24O2S/c1-6-18-14-9-12(4)16(13(5)10-14)15(17)7-8-19-11(2)3/h9-11H,6-8H2,1-5H3. The predicted octanol–water partition coefficient (Wildman–Crippen LogP) is 4.42. The molecule has 1 rings (SSSR count). The zero-order chi connectivity index (χ0) is 14.4. The fourth-order valence-electron chi connectivity index (χ4n) is 2.13. The van der Waals surface area contributed by atoms with Crippen molar-refractivity contribution in [3.05, 3.63) is 28.8 Å². The van der Waals surface area contributed by atoms with Crippen molar-refractivity contribution in [1.29, 1.82) is 0 Å². The summed E-state index contributed by atoms with van der Waals surface area (Å²) in [6.07, 6.45) is 0.610. The van der Waals surface area contributed by atoms with Crippen LogP contribution in [0, 0.1) is 13.8 Å². The Balaban J connectivity index is 2.79. The van der Waals surface area contributed by atoms with Crippen molar-refractivity contribution in [3.8, 4) is 5.75 Å². The predicted molar refractivity (Wildman–Crippen MR) is 83.6 cm³/mol. The number of rotatable bonds is 7. The SMILES string of the molecule is CCOc1cc(C)c(C(=O)CCSC(C)C)c(C)c1. The van der Waals surface area contributed by atoms with E-state index in [1.165, 1.54) is 0 Å². The summed E-state index contributed by atoms with van der Waals surface area (Å²) < 4.78 is 5.50. The molecule has 0 aliphatic carbocycles. The molecule has 1 aromatic rings. The van der Waals surface area contributed by atoms with E-state index in [1.807, 2.05) is 44.7 Å². The van der Waals surface area contributed by atoms with Gasteiger partial charge in [-0.25, -0.2) is 0 Å². The molecule has 19 heavy (non-hydrogen) atoms. The van der Waals surface area contributed by atoms with Gasteiger partial charge in [-0.3, -0.25) is 4.79 Å². The zero-order valence-corrected chi connectivity index (χ0v) is 13.4. The van der Waals surface area contributed by atoms with Crippen molar-refractivity contribution < 1.29 is 9.53 Å². The minimum Gasteiger partial charge on any atom is -0.494 e. The second-order valence-corrected chi connectivity index (χ2v) is 6.64. The van der Waals surface area contributed by atoms with E-state index in [1.54, 1.807) is 0 Å². The van der Waals surface area contributed by atoms with Gasteiger partial charge in [-0.2, -0.15) is 11.8 Å². The molecule has 0 amide bonds. The molecular formula is C16H24O2S. The van der Waals surface area contributed by atoms with Crippen LogP contribution in [0.4, 0.5) is 0 Å². The molecule has 0 fully saturated rings. The molecule has 3 heteroatoms. The number of carbonyl (C=O) groups excluding carboxylic acids is 1. The normalized spacial score (nSPS) is 10.8. The maximum Gasteiger partial charge on any atom is 0.164 e. The van der Waals surface area contributed by atoms with Gasteiger partial charge in [0.15, 0.2) is 5.78 Å². The van der Waals surface area contributed by atoms with Gasteiger partial charge in [-0.05, 0) is 49.3 Å². The lowest BCUT2D eigenvalue weighted by molar-refractivity contribution is 0.0988. The fraction of sp³-hybridized carbons (Fsp3) is 0.562. The van der Waals surface area contributed by atoms with E-state index >= 15 is 0 Å². The third kappa shape index (κ3) is 4.90. The highest BCUT2D eigenvalue weighted by Gasteiger charge is 2.14. The van der Waals surface area contributed by atoms with Gasteiger partial charge in [0.1, 0.15) is 5.75 Å². The summed E-state index contributed by atoms with van der Waals surface area (Å²) in [6, 6.07) is 3.92. The zero-order valence-electron chi connectivity index (χ0n) is 12.6. The highest BCUT2D eigenvalue weighted by atomic mass is 32.2. The van der Waals surface area contributed by atoms with Gasteiger partial charge in [0.05, 0.1) is 6.61 Å². The third-order valence-corrected chi connectivity index (χ3v) is 3.98. The summed E-state index contributed by atoms with van der Waals surface area (Å²) in [5, 5.41) is 0.579. The largest absolute Gasteiger partial charge is 0.494 e. The Bertz CT molecular complexity index is 415. The molecule has 0 saturated heterocycles. The van der Waals surface area contributed by atoms with Crippen LogP contribution in [0.3, 0.4) is 0 Å². The van der Waals surface area contributed by atoms with Crippen molar-refractivity contribution in [1.82, 2.24) is 0 Å². The summed E-state index contributed by atoms with van der Waals surface area (Å²) in [7, 11) is 0. The van der Waals surface area contributed by atoms with E-state index in [0.717, 1.165) is 28.2 Å². The van der Waals surface area contributed by atoms with Crippen LogP contribution in [0.25, 0.3) is 0 Å². The lowest BCUT2D eigenvalue weighted by Crippen LogP contribution is -2.07. The molecule has 0 aliphatic rings. The van der Waals surface area contributed by atoms with E-state index in [0.29, 0.717) is 18.3 Å². The van der Waals surface area contributed by atoms with Crippen molar-refractivity contribution in [2.75, 3.05) is 12.4 Å². The summed E-state index contributed by atoms with van der Waals surface area (Å²) >= 11 is 1.83. The molecule has 0 aromatic heterocycles. The molecule has 0 atom stereocenters. The molecule has 1 aromatic carbocycles. The van der Waals surface area contributed by atoms with Crippen molar-refractivity contribution >= 4 is 17.5 Å². The molecule has 0 heterocycles. The summed E-state index contributed by atoms with van der Waals surface area (Å²) in [5.41, 5.74) is 2.90.